The molecule has 1 unspecified atom stereocenters. The molecule has 0 radical (unpaired) electrons. The maximum absolute atomic E-state index is 9.60. The number of rotatable bonds is 4. The normalized spacial score (nSPS) is 19.1. The van der Waals surface area contributed by atoms with Crippen LogP contribution in [-0.2, 0) is 11.2 Å². The van der Waals surface area contributed by atoms with Gasteiger partial charge in [-0.05, 0) is 24.6 Å². The highest BCUT2D eigenvalue weighted by Gasteiger charge is 2.33. The maximum Gasteiger partial charge on any atom is 0.110 e. The number of anilines is 1. The molecule has 1 aromatic rings. The van der Waals surface area contributed by atoms with Gasteiger partial charge in [-0.2, -0.15) is 5.26 Å². The van der Waals surface area contributed by atoms with Crippen LogP contribution in [-0.4, -0.2) is 50.8 Å². The first-order valence-electron chi connectivity index (χ1n) is 7.05. The van der Waals surface area contributed by atoms with Crippen LogP contribution in [0.5, 0.6) is 0 Å². The Kier molecular flexibility index (Phi) is 4.64. The molecule has 0 bridgehead atoms. The van der Waals surface area contributed by atoms with Crippen LogP contribution in [0.15, 0.2) is 24.3 Å². The lowest BCUT2D eigenvalue weighted by Gasteiger charge is -2.38. The lowest BCUT2D eigenvalue weighted by molar-refractivity contribution is 0.00189. The third-order valence-electron chi connectivity index (χ3n) is 3.95. The zero-order valence-electron chi connectivity index (χ0n) is 12.6. The average Bonchev–Trinajstić information content (AvgIpc) is 2.48. The first-order chi connectivity index (χ1) is 9.55. The van der Waals surface area contributed by atoms with Crippen molar-refractivity contribution in [1.82, 2.24) is 4.90 Å². The Morgan fingerprint density at radius 1 is 1.25 bits per heavy atom. The Morgan fingerprint density at radius 3 is 2.35 bits per heavy atom. The third kappa shape index (κ3) is 3.30. The number of nitriles is 1. The molecule has 1 heterocycles. The number of morpholine rings is 1. The van der Waals surface area contributed by atoms with Crippen molar-refractivity contribution in [2.45, 2.75) is 18.9 Å². The van der Waals surface area contributed by atoms with Crippen molar-refractivity contribution in [3.8, 4) is 6.07 Å². The van der Waals surface area contributed by atoms with Crippen molar-refractivity contribution < 1.29 is 4.74 Å². The van der Waals surface area contributed by atoms with Gasteiger partial charge in [-0.25, -0.2) is 0 Å². The second kappa shape index (κ2) is 6.25. The summed E-state index contributed by atoms with van der Waals surface area (Å²) in [7, 11) is 4.06. The molecule has 4 heteroatoms. The summed E-state index contributed by atoms with van der Waals surface area (Å²) in [5.74, 6) is 0. The number of ether oxygens (including phenoxy) is 1. The highest BCUT2D eigenvalue weighted by molar-refractivity contribution is 5.46. The van der Waals surface area contributed by atoms with Crippen LogP contribution >= 0.6 is 0 Å². The second-order valence-electron chi connectivity index (χ2n) is 5.72. The Hall–Kier alpha value is -1.57. The third-order valence-corrected chi connectivity index (χ3v) is 3.95. The van der Waals surface area contributed by atoms with E-state index in [1.165, 1.54) is 11.3 Å². The summed E-state index contributed by atoms with van der Waals surface area (Å²) in [5.41, 5.74) is 1.92. The topological polar surface area (TPSA) is 39.5 Å². The van der Waals surface area contributed by atoms with Gasteiger partial charge in [0, 0.05) is 39.3 Å². The minimum Gasteiger partial charge on any atom is -0.379 e. The summed E-state index contributed by atoms with van der Waals surface area (Å²) in [6.07, 6.45) is 0.747. The van der Waals surface area contributed by atoms with Gasteiger partial charge in [0.15, 0.2) is 0 Å². The summed E-state index contributed by atoms with van der Waals surface area (Å²) in [6, 6.07) is 10.9. The monoisotopic (exact) mass is 273 g/mol. The molecule has 0 N–H and O–H groups in total. The van der Waals surface area contributed by atoms with E-state index in [0.29, 0.717) is 0 Å². The van der Waals surface area contributed by atoms with Crippen LogP contribution in [0.25, 0.3) is 0 Å². The molecule has 1 fully saturated rings. The van der Waals surface area contributed by atoms with Crippen LogP contribution in [0.3, 0.4) is 0 Å². The first-order valence-corrected chi connectivity index (χ1v) is 7.05. The Labute approximate surface area is 121 Å². The first kappa shape index (κ1) is 14.8. The van der Waals surface area contributed by atoms with Gasteiger partial charge in [-0.1, -0.05) is 12.1 Å². The highest BCUT2D eigenvalue weighted by Crippen LogP contribution is 2.23. The summed E-state index contributed by atoms with van der Waals surface area (Å²) in [4.78, 5) is 4.31. The molecule has 0 saturated carbocycles. The van der Waals surface area contributed by atoms with Gasteiger partial charge in [0.1, 0.15) is 5.54 Å². The van der Waals surface area contributed by atoms with Crippen molar-refractivity contribution >= 4 is 5.69 Å². The number of nitrogens with zero attached hydrogens (tertiary/aromatic N) is 3. The van der Waals surface area contributed by atoms with Crippen LogP contribution in [0, 0.1) is 11.3 Å². The van der Waals surface area contributed by atoms with Gasteiger partial charge in [-0.15, -0.1) is 0 Å². The predicted octanol–water partition coefficient (Wildman–Crippen LogP) is 1.91. The number of hydrogen-bond donors (Lipinski definition) is 0. The minimum atomic E-state index is -0.455. The molecule has 0 aliphatic carbocycles. The molecule has 1 atom stereocenters. The molecular weight excluding hydrogens is 250 g/mol. The fourth-order valence-corrected chi connectivity index (χ4v) is 2.59. The molecular formula is C16H23N3O. The molecule has 0 amide bonds. The molecule has 0 aromatic heterocycles. The van der Waals surface area contributed by atoms with Gasteiger partial charge >= 0.3 is 0 Å². The van der Waals surface area contributed by atoms with E-state index < -0.39 is 5.54 Å². The van der Waals surface area contributed by atoms with E-state index in [2.05, 4.69) is 40.1 Å². The van der Waals surface area contributed by atoms with Crippen molar-refractivity contribution in [2.75, 3.05) is 45.3 Å². The van der Waals surface area contributed by atoms with Gasteiger partial charge < -0.3 is 9.64 Å². The van der Waals surface area contributed by atoms with E-state index >= 15 is 0 Å². The van der Waals surface area contributed by atoms with Crippen LogP contribution in [0.4, 0.5) is 5.69 Å². The van der Waals surface area contributed by atoms with Crippen molar-refractivity contribution in [2.24, 2.45) is 0 Å². The van der Waals surface area contributed by atoms with E-state index in [1.54, 1.807) is 0 Å². The Morgan fingerprint density at radius 2 is 1.85 bits per heavy atom. The molecule has 108 valence electrons. The fourth-order valence-electron chi connectivity index (χ4n) is 2.59. The zero-order chi connectivity index (χ0) is 14.6. The largest absolute Gasteiger partial charge is 0.379 e. The van der Waals surface area contributed by atoms with Gasteiger partial charge in [-0.3, -0.25) is 4.90 Å². The molecule has 0 spiro atoms. The lowest BCUT2D eigenvalue weighted by Crippen LogP contribution is -2.52. The summed E-state index contributed by atoms with van der Waals surface area (Å²) < 4.78 is 5.38. The molecule has 4 nitrogen and oxygen atoms in total. The SMILES string of the molecule is CN(C)c1ccc(CC(C)(C#N)N2CCOCC2)cc1. The van der Waals surface area contributed by atoms with Crippen molar-refractivity contribution in [3.63, 3.8) is 0 Å². The van der Waals surface area contributed by atoms with Gasteiger partial charge in [0.2, 0.25) is 0 Å². The Balaban J connectivity index is 2.10. The lowest BCUT2D eigenvalue weighted by atomic mass is 9.92. The van der Waals surface area contributed by atoms with Crippen LogP contribution < -0.4 is 4.90 Å². The highest BCUT2D eigenvalue weighted by atomic mass is 16.5. The second-order valence-corrected chi connectivity index (χ2v) is 5.72. The van der Waals surface area contributed by atoms with Crippen molar-refractivity contribution in [3.05, 3.63) is 29.8 Å². The van der Waals surface area contributed by atoms with Gasteiger partial charge in [0.25, 0.3) is 0 Å². The summed E-state index contributed by atoms with van der Waals surface area (Å²) in [5, 5.41) is 9.60. The molecule has 1 aliphatic rings. The number of hydrogen-bond acceptors (Lipinski definition) is 4. The molecule has 1 aromatic carbocycles. The molecule has 1 saturated heterocycles. The van der Waals surface area contributed by atoms with E-state index in [0.717, 1.165) is 32.7 Å². The van der Waals surface area contributed by atoms with E-state index in [1.807, 2.05) is 21.0 Å². The molecule has 1 aliphatic heterocycles. The van der Waals surface area contributed by atoms with Crippen LogP contribution in [0.2, 0.25) is 0 Å². The summed E-state index contributed by atoms with van der Waals surface area (Å²) in [6.45, 7) is 5.13. The van der Waals surface area contributed by atoms with Crippen LogP contribution in [0.1, 0.15) is 12.5 Å². The minimum absolute atomic E-state index is 0.455. The summed E-state index contributed by atoms with van der Waals surface area (Å²) >= 11 is 0. The standard InChI is InChI=1S/C16H23N3O/c1-16(13-17,19-8-10-20-11-9-19)12-14-4-6-15(7-5-14)18(2)3/h4-7H,8-12H2,1-3H3. The molecule has 2 rings (SSSR count). The van der Waals surface area contributed by atoms with E-state index in [-0.39, 0.29) is 0 Å². The quantitative estimate of drug-likeness (QED) is 0.840. The molecule has 20 heavy (non-hydrogen) atoms. The van der Waals surface area contributed by atoms with E-state index in [4.69, 9.17) is 4.74 Å². The number of benzene rings is 1. The smallest absolute Gasteiger partial charge is 0.110 e. The van der Waals surface area contributed by atoms with Crippen molar-refractivity contribution in [1.29, 1.82) is 5.26 Å². The maximum atomic E-state index is 9.60. The van der Waals surface area contributed by atoms with Gasteiger partial charge in [0.05, 0.1) is 19.3 Å². The fraction of sp³-hybridized carbons (Fsp3) is 0.562. The Bertz CT molecular complexity index is 471. The average molecular weight is 273 g/mol. The van der Waals surface area contributed by atoms with E-state index in [9.17, 15) is 5.26 Å². The predicted molar refractivity (Wildman–Crippen MR) is 80.9 cm³/mol. The zero-order valence-corrected chi connectivity index (χ0v) is 12.6.